The van der Waals surface area contributed by atoms with Crippen LogP contribution in [0.3, 0.4) is 0 Å². The first-order valence-corrected chi connectivity index (χ1v) is 3.11. The molecule has 4 nitrogen and oxygen atoms in total. The van der Waals surface area contributed by atoms with Crippen molar-refractivity contribution in [3.63, 3.8) is 0 Å². The van der Waals surface area contributed by atoms with Crippen LogP contribution >= 0.6 is 0 Å². The second-order valence-corrected chi connectivity index (χ2v) is 1.89. The van der Waals surface area contributed by atoms with Crippen molar-refractivity contribution in [1.82, 2.24) is 0 Å². The summed E-state index contributed by atoms with van der Waals surface area (Å²) >= 11 is 0. The molecule has 0 heterocycles. The highest BCUT2D eigenvalue weighted by Crippen LogP contribution is 2.17. The zero-order valence-corrected chi connectivity index (χ0v) is 6.01. The van der Waals surface area contributed by atoms with Crippen LogP contribution in [0.4, 0.5) is 10.2 Å². The van der Waals surface area contributed by atoms with E-state index >= 15 is 0 Å². The van der Waals surface area contributed by atoms with Crippen LogP contribution < -0.4 is 4.65 Å². The molecule has 1 rings (SSSR count). The summed E-state index contributed by atoms with van der Waals surface area (Å²) in [7, 11) is 0.561. The van der Waals surface area contributed by atoms with Crippen LogP contribution in [0.25, 0.3) is 0 Å². The molecule has 0 atom stereocenters. The van der Waals surface area contributed by atoms with Gasteiger partial charge in [0.1, 0.15) is 5.75 Å². The fraction of sp³-hybridized carbons (Fsp3) is 0. The molecule has 1 N–H and O–H groups in total. The number of halogens is 1. The summed E-state index contributed by atoms with van der Waals surface area (Å²) in [5.74, 6) is 0.440. The van der Waals surface area contributed by atoms with Crippen molar-refractivity contribution >= 4 is 13.4 Å². The molecule has 0 amide bonds. The third-order valence-corrected chi connectivity index (χ3v) is 1.18. The van der Waals surface area contributed by atoms with Crippen LogP contribution in [0.2, 0.25) is 0 Å². The third-order valence-electron chi connectivity index (χ3n) is 1.18. The Labute approximate surface area is 68.9 Å². The van der Waals surface area contributed by atoms with Crippen LogP contribution in [0.5, 0.6) is 5.75 Å². The first-order chi connectivity index (χ1) is 5.86. The van der Waals surface area contributed by atoms with Crippen molar-refractivity contribution in [3.05, 3.63) is 24.3 Å². The highest BCUT2D eigenvalue weighted by molar-refractivity contribution is 6.17. The summed E-state index contributed by atoms with van der Waals surface area (Å²) in [6.07, 6.45) is 0. The van der Waals surface area contributed by atoms with Gasteiger partial charge in [-0.2, -0.15) is 0 Å². The van der Waals surface area contributed by atoms with E-state index in [4.69, 9.17) is 5.02 Å². The van der Waals surface area contributed by atoms with Crippen molar-refractivity contribution in [2.24, 2.45) is 10.5 Å². The van der Waals surface area contributed by atoms with Gasteiger partial charge in [-0.3, -0.25) is 0 Å². The van der Waals surface area contributed by atoms with E-state index in [0.717, 1.165) is 0 Å². The second kappa shape index (κ2) is 4.45. The molecule has 0 aliphatic heterocycles. The largest absolute Gasteiger partial charge is 0.569 e. The number of hydrogen-bond acceptors (Lipinski definition) is 4. The maximum absolute atomic E-state index is 11.3. The Morgan fingerprint density at radius 3 is 2.50 bits per heavy atom. The lowest BCUT2D eigenvalue weighted by molar-refractivity contribution is 0.453. The maximum atomic E-state index is 11.3. The van der Waals surface area contributed by atoms with Crippen molar-refractivity contribution in [1.29, 1.82) is 0 Å². The lowest BCUT2D eigenvalue weighted by atomic mass is 10.3. The van der Waals surface area contributed by atoms with E-state index in [1.54, 1.807) is 0 Å². The molecule has 12 heavy (non-hydrogen) atoms. The highest BCUT2D eigenvalue weighted by Gasteiger charge is 1.94. The van der Waals surface area contributed by atoms with E-state index in [-0.39, 0.29) is 0 Å². The smallest absolute Gasteiger partial charge is 0.537 e. The normalized spacial score (nSPS) is 10.2. The standard InChI is InChI=1S/C6H5BFN2O2/c8-10-9-5-1-3-6(4-2-5)12-7-11/h1-4,11H. The SMILES string of the molecule is O[B]Oc1ccc(N=NF)cc1. The molecule has 0 saturated carbocycles. The van der Waals surface area contributed by atoms with E-state index in [1.807, 2.05) is 0 Å². The third kappa shape index (κ3) is 2.32. The molecule has 61 valence electrons. The molecule has 1 radical (unpaired) electrons. The Bertz CT molecular complexity index is 265. The van der Waals surface area contributed by atoms with E-state index in [1.165, 1.54) is 24.3 Å². The Hall–Kier alpha value is -1.43. The summed E-state index contributed by atoms with van der Waals surface area (Å²) in [6, 6.07) is 6.05. The molecule has 1 aromatic carbocycles. The lowest BCUT2D eigenvalue weighted by Gasteiger charge is -1.99. The molecule has 1 aromatic rings. The van der Waals surface area contributed by atoms with Gasteiger partial charge in [-0.1, -0.05) is 4.48 Å². The van der Waals surface area contributed by atoms with Crippen LogP contribution in [-0.2, 0) is 0 Å². The zero-order chi connectivity index (χ0) is 8.81. The van der Waals surface area contributed by atoms with Crippen LogP contribution in [0.15, 0.2) is 34.7 Å². The van der Waals surface area contributed by atoms with Gasteiger partial charge in [0.2, 0.25) is 0 Å². The van der Waals surface area contributed by atoms with Gasteiger partial charge in [0.05, 0.1) is 5.69 Å². The zero-order valence-electron chi connectivity index (χ0n) is 6.01. The predicted octanol–water partition coefficient (Wildman–Crippen LogP) is 1.56. The number of nitrogens with zero attached hydrogens (tertiary/aromatic N) is 2. The molecule has 0 bridgehead atoms. The van der Waals surface area contributed by atoms with Gasteiger partial charge >= 0.3 is 7.69 Å². The monoisotopic (exact) mass is 167 g/mol. The van der Waals surface area contributed by atoms with Crippen molar-refractivity contribution in [2.75, 3.05) is 0 Å². The molecular weight excluding hydrogens is 162 g/mol. The molecule has 6 heteroatoms. The van der Waals surface area contributed by atoms with Gasteiger partial charge < -0.3 is 9.68 Å². The highest BCUT2D eigenvalue weighted by atomic mass is 19.2. The summed E-state index contributed by atoms with van der Waals surface area (Å²) in [6.45, 7) is 0. The quantitative estimate of drug-likeness (QED) is 0.548. The average Bonchev–Trinajstić information content (AvgIpc) is 2.09. The Morgan fingerprint density at radius 1 is 1.33 bits per heavy atom. The summed E-state index contributed by atoms with van der Waals surface area (Å²) in [5.41, 5.74) is 0.378. The molecule has 0 aliphatic carbocycles. The molecule has 0 aliphatic rings. The van der Waals surface area contributed by atoms with E-state index in [0.29, 0.717) is 19.1 Å². The Morgan fingerprint density at radius 2 is 2.00 bits per heavy atom. The minimum Gasteiger partial charge on any atom is -0.537 e. The van der Waals surface area contributed by atoms with Crippen LogP contribution in [0, 0.1) is 0 Å². The molecular formula is C6H5BFN2O2. The van der Waals surface area contributed by atoms with Gasteiger partial charge in [-0.25, -0.2) is 0 Å². The fourth-order valence-corrected chi connectivity index (χ4v) is 0.696. The second-order valence-electron chi connectivity index (χ2n) is 1.89. The topological polar surface area (TPSA) is 54.2 Å². The van der Waals surface area contributed by atoms with E-state index in [2.05, 4.69) is 15.1 Å². The molecule has 0 unspecified atom stereocenters. The summed E-state index contributed by atoms with van der Waals surface area (Å²) in [5, 5.41) is 13.5. The lowest BCUT2D eigenvalue weighted by Crippen LogP contribution is -1.98. The number of rotatable bonds is 3. The molecule has 0 aromatic heterocycles. The Balaban J connectivity index is 2.71. The average molecular weight is 167 g/mol. The Kier molecular flexibility index (Phi) is 3.22. The van der Waals surface area contributed by atoms with Gasteiger partial charge in [-0.05, 0) is 24.3 Å². The summed E-state index contributed by atoms with van der Waals surface area (Å²) in [4.78, 5) is 0. The van der Waals surface area contributed by atoms with Crippen molar-refractivity contribution in [3.8, 4) is 5.75 Å². The van der Waals surface area contributed by atoms with Gasteiger partial charge in [0.15, 0.2) is 0 Å². The van der Waals surface area contributed by atoms with E-state index in [9.17, 15) is 4.48 Å². The molecule has 0 spiro atoms. The minimum atomic E-state index is 0.378. The first kappa shape index (κ1) is 8.67. The maximum Gasteiger partial charge on any atom is 0.569 e. The first-order valence-electron chi connectivity index (χ1n) is 3.11. The number of benzene rings is 1. The number of hydrogen-bond donors (Lipinski definition) is 1. The molecule has 0 fully saturated rings. The van der Waals surface area contributed by atoms with Gasteiger partial charge in [0.25, 0.3) is 0 Å². The summed E-state index contributed by atoms with van der Waals surface area (Å²) < 4.78 is 15.9. The predicted molar refractivity (Wildman–Crippen MR) is 40.7 cm³/mol. The van der Waals surface area contributed by atoms with Crippen molar-refractivity contribution < 1.29 is 14.2 Å². The van der Waals surface area contributed by atoms with Gasteiger partial charge in [0, 0.05) is 5.34 Å². The molecule has 0 saturated heterocycles. The van der Waals surface area contributed by atoms with Crippen molar-refractivity contribution in [2.45, 2.75) is 0 Å². The van der Waals surface area contributed by atoms with Crippen LogP contribution in [0.1, 0.15) is 0 Å². The van der Waals surface area contributed by atoms with E-state index < -0.39 is 0 Å². The van der Waals surface area contributed by atoms with Gasteiger partial charge in [-0.15, -0.1) is 5.11 Å². The van der Waals surface area contributed by atoms with Crippen LogP contribution in [-0.4, -0.2) is 12.7 Å². The fourth-order valence-electron chi connectivity index (χ4n) is 0.696. The minimum absolute atomic E-state index is 0.378.